The molecule has 0 unspecified atom stereocenters. The standard InChI is InChI=1S/C19H24F2N2O3/c1-19(2)12-26-10-9-23(19)17(24)13-5-7-22(8-6-13)18(25)15-4-3-14(20)11-16(15)21/h3-4,11,13H,5-10,12H2,1-2H3. The molecule has 0 N–H and O–H groups in total. The van der Waals surface area contributed by atoms with Crippen molar-refractivity contribution in [3.05, 3.63) is 35.4 Å². The van der Waals surface area contributed by atoms with E-state index in [2.05, 4.69) is 0 Å². The van der Waals surface area contributed by atoms with E-state index in [1.165, 1.54) is 11.0 Å². The van der Waals surface area contributed by atoms with E-state index in [0.717, 1.165) is 6.07 Å². The van der Waals surface area contributed by atoms with Crippen LogP contribution in [0.4, 0.5) is 8.78 Å². The van der Waals surface area contributed by atoms with Gasteiger partial charge in [0.1, 0.15) is 11.6 Å². The van der Waals surface area contributed by atoms with Crippen molar-refractivity contribution in [3.8, 4) is 0 Å². The van der Waals surface area contributed by atoms with Crippen LogP contribution in [-0.2, 0) is 9.53 Å². The molecule has 0 atom stereocenters. The van der Waals surface area contributed by atoms with Crippen LogP contribution in [0.3, 0.4) is 0 Å². The van der Waals surface area contributed by atoms with Gasteiger partial charge in [-0.25, -0.2) is 8.78 Å². The SMILES string of the molecule is CC1(C)COCCN1C(=O)C1CCN(C(=O)c2ccc(F)cc2F)CC1. The number of hydrogen-bond donors (Lipinski definition) is 0. The maximum absolute atomic E-state index is 13.8. The number of ether oxygens (including phenoxy) is 1. The Hall–Kier alpha value is -2.02. The fourth-order valence-electron chi connectivity index (χ4n) is 3.65. The number of halogens is 2. The molecule has 3 rings (SSSR count). The molecule has 2 amide bonds. The first-order chi connectivity index (χ1) is 12.3. The normalized spacial score (nSPS) is 20.9. The number of benzene rings is 1. The average molecular weight is 366 g/mol. The van der Waals surface area contributed by atoms with Crippen LogP contribution < -0.4 is 0 Å². The maximum atomic E-state index is 13.8. The number of amides is 2. The van der Waals surface area contributed by atoms with Gasteiger partial charge in [0.25, 0.3) is 5.91 Å². The lowest BCUT2D eigenvalue weighted by molar-refractivity contribution is -0.152. The molecular weight excluding hydrogens is 342 g/mol. The summed E-state index contributed by atoms with van der Waals surface area (Å²) in [5.74, 6) is -2.08. The lowest BCUT2D eigenvalue weighted by Gasteiger charge is -2.44. The van der Waals surface area contributed by atoms with Crippen molar-refractivity contribution in [2.75, 3.05) is 32.8 Å². The zero-order valence-electron chi connectivity index (χ0n) is 15.1. The molecule has 0 radical (unpaired) electrons. The molecule has 142 valence electrons. The summed E-state index contributed by atoms with van der Waals surface area (Å²) in [6.45, 7) is 6.37. The minimum absolute atomic E-state index is 0.0957. The van der Waals surface area contributed by atoms with Crippen LogP contribution in [0, 0.1) is 17.6 Å². The van der Waals surface area contributed by atoms with Crippen LogP contribution in [0.25, 0.3) is 0 Å². The minimum atomic E-state index is -0.858. The van der Waals surface area contributed by atoms with Gasteiger partial charge in [-0.05, 0) is 38.8 Å². The molecule has 0 spiro atoms. The molecule has 1 aromatic rings. The lowest BCUT2D eigenvalue weighted by Crippen LogP contribution is -2.58. The van der Waals surface area contributed by atoms with Gasteiger partial charge in [0, 0.05) is 31.6 Å². The largest absolute Gasteiger partial charge is 0.377 e. The Kier molecular flexibility index (Phi) is 5.27. The highest BCUT2D eigenvalue weighted by Gasteiger charge is 2.38. The zero-order chi connectivity index (χ0) is 18.9. The van der Waals surface area contributed by atoms with Crippen molar-refractivity contribution in [1.29, 1.82) is 0 Å². The van der Waals surface area contributed by atoms with E-state index in [-0.39, 0.29) is 22.9 Å². The molecule has 2 aliphatic heterocycles. The molecule has 0 aliphatic carbocycles. The van der Waals surface area contributed by atoms with Gasteiger partial charge in [0.15, 0.2) is 0 Å². The Morgan fingerprint density at radius 1 is 1.15 bits per heavy atom. The van der Waals surface area contributed by atoms with Crippen molar-refractivity contribution in [2.45, 2.75) is 32.2 Å². The van der Waals surface area contributed by atoms with Crippen LogP contribution >= 0.6 is 0 Å². The van der Waals surface area contributed by atoms with Crippen LogP contribution in [0.2, 0.25) is 0 Å². The predicted octanol–water partition coefficient (Wildman–Crippen LogP) is 2.45. The summed E-state index contributed by atoms with van der Waals surface area (Å²) in [5, 5.41) is 0. The van der Waals surface area contributed by atoms with Gasteiger partial charge in [0.05, 0.1) is 24.3 Å². The van der Waals surface area contributed by atoms with Gasteiger partial charge in [-0.3, -0.25) is 9.59 Å². The van der Waals surface area contributed by atoms with Gasteiger partial charge in [-0.2, -0.15) is 0 Å². The Morgan fingerprint density at radius 2 is 1.85 bits per heavy atom. The van der Waals surface area contributed by atoms with Gasteiger partial charge >= 0.3 is 0 Å². The highest BCUT2D eigenvalue weighted by molar-refractivity contribution is 5.94. The lowest BCUT2D eigenvalue weighted by atomic mass is 9.92. The van der Waals surface area contributed by atoms with E-state index in [1.54, 1.807) is 0 Å². The molecule has 1 aromatic carbocycles. The summed E-state index contributed by atoms with van der Waals surface area (Å²) in [4.78, 5) is 28.7. The van der Waals surface area contributed by atoms with Crippen molar-refractivity contribution in [3.63, 3.8) is 0 Å². The predicted molar refractivity (Wildman–Crippen MR) is 91.6 cm³/mol. The third kappa shape index (κ3) is 3.72. The maximum Gasteiger partial charge on any atom is 0.256 e. The van der Waals surface area contributed by atoms with E-state index >= 15 is 0 Å². The Morgan fingerprint density at radius 3 is 2.46 bits per heavy atom. The van der Waals surface area contributed by atoms with Gasteiger partial charge < -0.3 is 14.5 Å². The molecule has 2 fully saturated rings. The highest BCUT2D eigenvalue weighted by Crippen LogP contribution is 2.27. The van der Waals surface area contributed by atoms with Crippen molar-refractivity contribution in [1.82, 2.24) is 9.80 Å². The first-order valence-electron chi connectivity index (χ1n) is 8.93. The second-order valence-electron chi connectivity index (χ2n) is 7.55. The summed E-state index contributed by atoms with van der Waals surface area (Å²) in [6.07, 6.45) is 1.08. The summed E-state index contributed by atoms with van der Waals surface area (Å²) in [5.41, 5.74) is -0.468. The minimum Gasteiger partial charge on any atom is -0.377 e. The van der Waals surface area contributed by atoms with Crippen molar-refractivity contribution in [2.24, 2.45) is 5.92 Å². The molecule has 0 bridgehead atoms. The number of morpholine rings is 1. The molecule has 2 aliphatic rings. The van der Waals surface area contributed by atoms with Gasteiger partial charge in [-0.15, -0.1) is 0 Å². The number of carbonyl (C=O) groups excluding carboxylic acids is 2. The van der Waals surface area contributed by atoms with E-state index in [9.17, 15) is 18.4 Å². The molecule has 0 saturated carbocycles. The van der Waals surface area contributed by atoms with Crippen molar-refractivity contribution >= 4 is 11.8 Å². The molecule has 5 nitrogen and oxygen atoms in total. The van der Waals surface area contributed by atoms with E-state index in [0.29, 0.717) is 51.8 Å². The third-order valence-corrected chi connectivity index (χ3v) is 5.20. The Labute approximate surface area is 151 Å². The van der Waals surface area contributed by atoms with Gasteiger partial charge in [-0.1, -0.05) is 0 Å². The molecule has 0 aromatic heterocycles. The summed E-state index contributed by atoms with van der Waals surface area (Å²) in [7, 11) is 0. The first kappa shape index (κ1) is 18.8. The van der Waals surface area contributed by atoms with Crippen LogP contribution in [0.1, 0.15) is 37.0 Å². The number of rotatable bonds is 2. The van der Waals surface area contributed by atoms with Crippen LogP contribution in [0.5, 0.6) is 0 Å². The molecular formula is C19H24F2N2O3. The zero-order valence-corrected chi connectivity index (χ0v) is 15.1. The molecule has 2 heterocycles. The number of piperidine rings is 1. The number of nitrogens with zero attached hydrogens (tertiary/aromatic N) is 2. The summed E-state index contributed by atoms with van der Waals surface area (Å²) in [6, 6.07) is 2.96. The first-order valence-corrected chi connectivity index (χ1v) is 8.93. The number of likely N-dealkylation sites (tertiary alicyclic amines) is 1. The monoisotopic (exact) mass is 366 g/mol. The van der Waals surface area contributed by atoms with Crippen LogP contribution in [0.15, 0.2) is 18.2 Å². The van der Waals surface area contributed by atoms with E-state index in [1.807, 2.05) is 18.7 Å². The average Bonchev–Trinajstić information content (AvgIpc) is 2.60. The third-order valence-electron chi connectivity index (χ3n) is 5.20. The summed E-state index contributed by atoms with van der Waals surface area (Å²) >= 11 is 0. The highest BCUT2D eigenvalue weighted by atomic mass is 19.1. The smallest absolute Gasteiger partial charge is 0.256 e. The Bertz CT molecular complexity index is 700. The van der Waals surface area contributed by atoms with Crippen LogP contribution in [-0.4, -0.2) is 60.0 Å². The fraction of sp³-hybridized carbons (Fsp3) is 0.579. The number of hydrogen-bond acceptors (Lipinski definition) is 3. The Balaban J connectivity index is 1.62. The number of carbonyl (C=O) groups is 2. The quantitative estimate of drug-likeness (QED) is 0.808. The van der Waals surface area contributed by atoms with E-state index < -0.39 is 17.5 Å². The molecule has 26 heavy (non-hydrogen) atoms. The molecule has 2 saturated heterocycles. The van der Waals surface area contributed by atoms with Gasteiger partial charge in [0.2, 0.25) is 5.91 Å². The van der Waals surface area contributed by atoms with E-state index in [4.69, 9.17) is 4.74 Å². The topological polar surface area (TPSA) is 49.9 Å². The van der Waals surface area contributed by atoms with Crippen molar-refractivity contribution < 1.29 is 23.1 Å². The summed E-state index contributed by atoms with van der Waals surface area (Å²) < 4.78 is 32.3. The second-order valence-corrected chi connectivity index (χ2v) is 7.55. The fourth-order valence-corrected chi connectivity index (χ4v) is 3.65. The second kappa shape index (κ2) is 7.31. The molecule has 7 heteroatoms.